The van der Waals surface area contributed by atoms with E-state index in [1.54, 1.807) is 55.6 Å². The third-order valence-electron chi connectivity index (χ3n) is 8.09. The number of carbonyl (C=O) groups excluding carboxylic acids is 1. The smallest absolute Gasteiger partial charge is 0.243 e. The Hall–Kier alpha value is -2.86. The number of amides is 1. The summed E-state index contributed by atoms with van der Waals surface area (Å²) in [6.45, 7) is 3.81. The van der Waals surface area contributed by atoms with Crippen molar-refractivity contribution in [2.45, 2.75) is 49.1 Å². The molecule has 1 aliphatic heterocycles. The molecule has 8 nitrogen and oxygen atoms in total. The van der Waals surface area contributed by atoms with Gasteiger partial charge in [0.2, 0.25) is 15.9 Å². The monoisotopic (exact) mass is 630 g/mol. The Kier molecular flexibility index (Phi) is 11.7. The lowest BCUT2D eigenvalue weighted by Crippen LogP contribution is -2.53. The summed E-state index contributed by atoms with van der Waals surface area (Å²) in [5.74, 6) is -1.25. The molecular formula is C32H40ClFN4O4S. The summed E-state index contributed by atoms with van der Waals surface area (Å²) >= 11 is 6.11. The van der Waals surface area contributed by atoms with Crippen molar-refractivity contribution >= 4 is 33.2 Å². The van der Waals surface area contributed by atoms with Crippen molar-refractivity contribution < 1.29 is 22.3 Å². The van der Waals surface area contributed by atoms with Crippen LogP contribution in [0.1, 0.15) is 36.8 Å². The third kappa shape index (κ3) is 8.20. The van der Waals surface area contributed by atoms with Crippen molar-refractivity contribution in [2.24, 2.45) is 11.7 Å². The molecule has 43 heavy (non-hydrogen) atoms. The molecule has 1 aliphatic rings. The second-order valence-corrected chi connectivity index (χ2v) is 13.3. The number of nitrogens with one attached hydrogen (secondary N) is 2. The lowest BCUT2D eigenvalue weighted by molar-refractivity contribution is -0.118. The Morgan fingerprint density at radius 2 is 1.86 bits per heavy atom. The van der Waals surface area contributed by atoms with Gasteiger partial charge in [0.1, 0.15) is 5.82 Å². The summed E-state index contributed by atoms with van der Waals surface area (Å²) in [6, 6.07) is 18.8. The molecule has 0 bridgehead atoms. The number of carbonyl (C=O) groups is 1. The molecule has 1 fully saturated rings. The van der Waals surface area contributed by atoms with Crippen LogP contribution in [-0.2, 0) is 26.0 Å². The van der Waals surface area contributed by atoms with Crippen molar-refractivity contribution in [1.82, 2.24) is 9.62 Å². The zero-order chi connectivity index (χ0) is 31.0. The van der Waals surface area contributed by atoms with Crippen LogP contribution in [0.2, 0.25) is 5.02 Å². The first-order valence-electron chi connectivity index (χ1n) is 14.5. The number of anilines is 1. The van der Waals surface area contributed by atoms with Gasteiger partial charge in [0.05, 0.1) is 10.9 Å². The predicted octanol–water partition coefficient (Wildman–Crippen LogP) is 4.80. The minimum Gasteiger partial charge on any atom is -0.385 e. The van der Waals surface area contributed by atoms with Gasteiger partial charge in [0, 0.05) is 61.6 Å². The van der Waals surface area contributed by atoms with Crippen LogP contribution in [0, 0.1) is 11.7 Å². The second-order valence-electron chi connectivity index (χ2n) is 10.9. The summed E-state index contributed by atoms with van der Waals surface area (Å²) in [5, 5.41) is 6.71. The molecule has 3 aromatic carbocycles. The van der Waals surface area contributed by atoms with Crippen molar-refractivity contribution in [1.29, 1.82) is 0 Å². The summed E-state index contributed by atoms with van der Waals surface area (Å²) in [6.07, 6.45) is 1.26. The molecule has 232 valence electrons. The number of nitrogens with zero attached hydrogens (tertiary/aromatic N) is 1. The van der Waals surface area contributed by atoms with Gasteiger partial charge in [-0.05, 0) is 67.1 Å². The van der Waals surface area contributed by atoms with Crippen molar-refractivity contribution in [3.05, 3.63) is 94.8 Å². The van der Waals surface area contributed by atoms with E-state index < -0.39 is 27.8 Å². The van der Waals surface area contributed by atoms with Crippen LogP contribution in [0.3, 0.4) is 0 Å². The first-order chi connectivity index (χ1) is 20.6. The van der Waals surface area contributed by atoms with Gasteiger partial charge in [0.15, 0.2) is 0 Å². The average Bonchev–Trinajstić information content (AvgIpc) is 3.01. The van der Waals surface area contributed by atoms with Crippen LogP contribution >= 0.6 is 11.6 Å². The van der Waals surface area contributed by atoms with E-state index in [-0.39, 0.29) is 29.2 Å². The zero-order valence-electron chi connectivity index (χ0n) is 24.5. The number of rotatable bonds is 13. The molecule has 4 rings (SSSR count). The molecule has 1 unspecified atom stereocenters. The molecular weight excluding hydrogens is 591 g/mol. The molecule has 11 heteroatoms. The lowest BCUT2D eigenvalue weighted by Gasteiger charge is -2.35. The van der Waals surface area contributed by atoms with Crippen LogP contribution < -0.4 is 16.4 Å². The van der Waals surface area contributed by atoms with E-state index in [9.17, 15) is 13.2 Å². The molecule has 0 radical (unpaired) electrons. The van der Waals surface area contributed by atoms with Gasteiger partial charge in [-0.2, -0.15) is 4.31 Å². The summed E-state index contributed by atoms with van der Waals surface area (Å²) in [4.78, 5) is 13.8. The van der Waals surface area contributed by atoms with Crippen LogP contribution in [0.5, 0.6) is 0 Å². The van der Waals surface area contributed by atoms with Crippen LogP contribution in [0.25, 0.3) is 0 Å². The fourth-order valence-electron chi connectivity index (χ4n) is 5.71. The fraction of sp³-hybridized carbons (Fsp3) is 0.406. The van der Waals surface area contributed by atoms with E-state index in [2.05, 4.69) is 10.6 Å². The highest BCUT2D eigenvalue weighted by atomic mass is 35.5. The average molecular weight is 631 g/mol. The standard InChI is InChI=1S/C32H40ClFN4O4S/c1-22(17-20-42-2)30(23-11-13-24(33)14-12-23)31(35)32(39)37-29-10-6-9-28(34)27(29)16-15-25-21-36-18-19-38(25)43(40,41)26-7-4-3-5-8-26/h3-14,22,25,30-31,36H,15-21,35H2,1-2H3,(H,37,39)/t22?,25-,30+,31-/m0/s1. The molecule has 0 saturated carbocycles. The normalized spacial score (nSPS) is 18.1. The van der Waals surface area contributed by atoms with Crippen molar-refractivity contribution in [3.63, 3.8) is 0 Å². The predicted molar refractivity (Wildman–Crippen MR) is 168 cm³/mol. The van der Waals surface area contributed by atoms with Gasteiger partial charge < -0.3 is 21.1 Å². The van der Waals surface area contributed by atoms with Crippen LogP contribution in [-0.4, -0.2) is 64.1 Å². The number of sulfonamides is 1. The number of benzene rings is 3. The van der Waals surface area contributed by atoms with E-state index in [1.165, 1.54) is 16.4 Å². The van der Waals surface area contributed by atoms with E-state index in [0.29, 0.717) is 55.4 Å². The molecule has 0 aromatic heterocycles. The van der Waals surface area contributed by atoms with Gasteiger partial charge in [0.25, 0.3) is 0 Å². The highest BCUT2D eigenvalue weighted by Gasteiger charge is 2.34. The number of methoxy groups -OCH3 is 1. The van der Waals surface area contributed by atoms with E-state index in [1.807, 2.05) is 19.1 Å². The maximum absolute atomic E-state index is 15.2. The molecule has 0 spiro atoms. The minimum absolute atomic E-state index is 0.00482. The lowest BCUT2D eigenvalue weighted by atomic mass is 9.80. The Morgan fingerprint density at radius 3 is 2.56 bits per heavy atom. The van der Waals surface area contributed by atoms with Crippen molar-refractivity contribution in [3.8, 4) is 0 Å². The first-order valence-corrected chi connectivity index (χ1v) is 16.3. The minimum atomic E-state index is -3.72. The Bertz CT molecular complexity index is 1460. The number of hydrogen-bond donors (Lipinski definition) is 3. The molecule has 1 saturated heterocycles. The maximum atomic E-state index is 15.2. The van der Waals surface area contributed by atoms with Gasteiger partial charge in [-0.3, -0.25) is 4.79 Å². The van der Waals surface area contributed by atoms with Gasteiger partial charge in [-0.1, -0.05) is 54.9 Å². The maximum Gasteiger partial charge on any atom is 0.243 e. The highest BCUT2D eigenvalue weighted by Crippen LogP contribution is 2.32. The third-order valence-corrected chi connectivity index (χ3v) is 10.3. The largest absolute Gasteiger partial charge is 0.385 e. The Balaban J connectivity index is 1.52. The first kappa shape index (κ1) is 33.0. The fourth-order valence-corrected chi connectivity index (χ4v) is 7.51. The quantitative estimate of drug-likeness (QED) is 0.250. The van der Waals surface area contributed by atoms with Crippen LogP contribution in [0.15, 0.2) is 77.7 Å². The van der Waals surface area contributed by atoms with Gasteiger partial charge in [-0.25, -0.2) is 12.8 Å². The van der Waals surface area contributed by atoms with E-state index in [4.69, 9.17) is 22.1 Å². The second kappa shape index (κ2) is 15.2. The number of nitrogens with two attached hydrogens (primary N) is 1. The van der Waals surface area contributed by atoms with Gasteiger partial charge >= 0.3 is 0 Å². The topological polar surface area (TPSA) is 114 Å². The highest BCUT2D eigenvalue weighted by molar-refractivity contribution is 7.89. The number of halogens is 2. The molecule has 1 amide bonds. The Morgan fingerprint density at radius 1 is 1.14 bits per heavy atom. The molecule has 4 atom stereocenters. The summed E-state index contributed by atoms with van der Waals surface area (Å²) < 4.78 is 48.8. The van der Waals surface area contributed by atoms with E-state index >= 15 is 4.39 Å². The zero-order valence-corrected chi connectivity index (χ0v) is 26.1. The van der Waals surface area contributed by atoms with Crippen LogP contribution in [0.4, 0.5) is 10.1 Å². The molecule has 0 aliphatic carbocycles. The Labute approximate surface area is 258 Å². The number of hydrogen-bond acceptors (Lipinski definition) is 6. The molecule has 4 N–H and O–H groups in total. The SMILES string of the molecule is COCCC(C)[C@H](c1ccc(Cl)cc1)[C@H](N)C(=O)Nc1cccc(F)c1CC[C@H]1CNCCN1S(=O)(=O)c1ccccc1. The van der Waals surface area contributed by atoms with Crippen molar-refractivity contribution in [2.75, 3.05) is 38.7 Å². The molecule has 3 aromatic rings. The van der Waals surface area contributed by atoms with E-state index in [0.717, 1.165) is 5.56 Å². The number of ether oxygens (including phenoxy) is 1. The number of piperazine rings is 1. The molecule has 1 heterocycles. The summed E-state index contributed by atoms with van der Waals surface area (Å²) in [7, 11) is -2.10. The summed E-state index contributed by atoms with van der Waals surface area (Å²) in [5.41, 5.74) is 8.09. The van der Waals surface area contributed by atoms with Gasteiger partial charge in [-0.15, -0.1) is 0 Å².